The number of hydrogen-bond acceptors (Lipinski definition) is 5. The van der Waals surface area contributed by atoms with E-state index in [4.69, 9.17) is 4.74 Å². The highest BCUT2D eigenvalue weighted by Gasteiger charge is 2.13. The first kappa shape index (κ1) is 20.8. The van der Waals surface area contributed by atoms with Crippen LogP contribution in [0.3, 0.4) is 0 Å². The Morgan fingerprint density at radius 2 is 1.64 bits per heavy atom. The Hall–Kier alpha value is -4.03. The second kappa shape index (κ2) is 8.84. The van der Waals surface area contributed by atoms with Gasteiger partial charge in [0.05, 0.1) is 4.88 Å². The van der Waals surface area contributed by atoms with Gasteiger partial charge in [0.15, 0.2) is 0 Å². The van der Waals surface area contributed by atoms with Gasteiger partial charge in [-0.1, -0.05) is 36.4 Å². The minimum Gasteiger partial charge on any atom is -0.437 e. The van der Waals surface area contributed by atoms with Gasteiger partial charge in [0, 0.05) is 22.0 Å². The number of aryl methyl sites for hydroxylation is 2. The molecule has 0 saturated carbocycles. The molecule has 2 heterocycles. The summed E-state index contributed by atoms with van der Waals surface area (Å²) >= 11 is 1.41. The van der Waals surface area contributed by atoms with Crippen molar-refractivity contribution in [1.29, 1.82) is 0 Å². The summed E-state index contributed by atoms with van der Waals surface area (Å²) in [5.41, 5.74) is 5.00. The molecular formula is C27H21N3O2S. The second-order valence-electron chi connectivity index (χ2n) is 7.76. The third kappa shape index (κ3) is 4.33. The van der Waals surface area contributed by atoms with Crippen LogP contribution in [0, 0.1) is 13.8 Å². The van der Waals surface area contributed by atoms with Crippen molar-refractivity contribution in [2.24, 2.45) is 0 Å². The van der Waals surface area contributed by atoms with Gasteiger partial charge in [-0.15, -0.1) is 21.5 Å². The fourth-order valence-corrected chi connectivity index (χ4v) is 4.19. The van der Waals surface area contributed by atoms with Crippen molar-refractivity contribution in [3.63, 3.8) is 0 Å². The maximum absolute atomic E-state index is 12.2. The second-order valence-corrected chi connectivity index (χ2v) is 8.70. The van der Waals surface area contributed by atoms with E-state index in [9.17, 15) is 4.79 Å². The average molecular weight is 452 g/mol. The van der Waals surface area contributed by atoms with Gasteiger partial charge in [0.2, 0.25) is 5.88 Å². The SMILES string of the molecule is Cc1ccc(-c2nnc(Oc3ccc(NC(=O)c4cccs4)cc3)c3ccccc23)cc1C. The number of hydrogen-bond donors (Lipinski definition) is 1. The third-order valence-electron chi connectivity index (χ3n) is 5.51. The van der Waals surface area contributed by atoms with Crippen LogP contribution in [0.5, 0.6) is 11.6 Å². The van der Waals surface area contributed by atoms with Crippen molar-refractivity contribution >= 4 is 33.7 Å². The fourth-order valence-electron chi connectivity index (χ4n) is 3.57. The van der Waals surface area contributed by atoms with E-state index < -0.39 is 0 Å². The highest BCUT2D eigenvalue weighted by molar-refractivity contribution is 7.12. The summed E-state index contributed by atoms with van der Waals surface area (Å²) in [6.07, 6.45) is 0. The molecule has 3 aromatic carbocycles. The van der Waals surface area contributed by atoms with Crippen LogP contribution in [0.1, 0.15) is 20.8 Å². The van der Waals surface area contributed by atoms with Gasteiger partial charge in [0.25, 0.3) is 5.91 Å². The van der Waals surface area contributed by atoms with E-state index in [0.29, 0.717) is 22.2 Å². The number of anilines is 1. The Kier molecular flexibility index (Phi) is 5.59. The van der Waals surface area contributed by atoms with E-state index >= 15 is 0 Å². The van der Waals surface area contributed by atoms with E-state index in [1.807, 2.05) is 35.7 Å². The minimum absolute atomic E-state index is 0.127. The van der Waals surface area contributed by atoms with Crippen LogP contribution in [-0.2, 0) is 0 Å². The summed E-state index contributed by atoms with van der Waals surface area (Å²) in [4.78, 5) is 12.9. The summed E-state index contributed by atoms with van der Waals surface area (Å²) in [5, 5.41) is 15.5. The number of carbonyl (C=O) groups is 1. The number of aromatic nitrogens is 2. The Bertz CT molecular complexity index is 1440. The maximum atomic E-state index is 12.2. The van der Waals surface area contributed by atoms with Gasteiger partial charge in [-0.2, -0.15) is 0 Å². The van der Waals surface area contributed by atoms with E-state index in [1.165, 1.54) is 22.5 Å². The predicted octanol–water partition coefficient (Wildman–Crippen LogP) is 7.02. The molecule has 0 aliphatic carbocycles. The molecule has 0 bridgehead atoms. The van der Waals surface area contributed by atoms with E-state index in [0.717, 1.165) is 22.0 Å². The topological polar surface area (TPSA) is 64.1 Å². The number of carbonyl (C=O) groups excluding carboxylic acids is 1. The molecule has 0 spiro atoms. The van der Waals surface area contributed by atoms with E-state index in [-0.39, 0.29) is 5.91 Å². The van der Waals surface area contributed by atoms with Gasteiger partial charge >= 0.3 is 0 Å². The molecule has 1 amide bonds. The molecule has 6 heteroatoms. The van der Waals surface area contributed by atoms with Gasteiger partial charge in [-0.05, 0) is 72.8 Å². The van der Waals surface area contributed by atoms with Crippen molar-refractivity contribution in [1.82, 2.24) is 10.2 Å². The summed E-state index contributed by atoms with van der Waals surface area (Å²) < 4.78 is 6.07. The van der Waals surface area contributed by atoms with Crippen molar-refractivity contribution < 1.29 is 9.53 Å². The highest BCUT2D eigenvalue weighted by Crippen LogP contribution is 2.33. The van der Waals surface area contributed by atoms with E-state index in [1.54, 1.807) is 30.3 Å². The molecule has 0 fully saturated rings. The Morgan fingerprint density at radius 3 is 2.36 bits per heavy atom. The van der Waals surface area contributed by atoms with Crippen LogP contribution >= 0.6 is 11.3 Å². The van der Waals surface area contributed by atoms with Gasteiger partial charge in [0.1, 0.15) is 11.4 Å². The highest BCUT2D eigenvalue weighted by atomic mass is 32.1. The Morgan fingerprint density at radius 1 is 0.848 bits per heavy atom. The molecule has 0 unspecified atom stereocenters. The lowest BCUT2D eigenvalue weighted by atomic mass is 10.0. The number of benzene rings is 3. The molecule has 1 N–H and O–H groups in total. The summed E-state index contributed by atoms with van der Waals surface area (Å²) in [6, 6.07) is 25.1. The Balaban J connectivity index is 1.41. The van der Waals surface area contributed by atoms with Crippen LogP contribution in [0.15, 0.2) is 84.2 Å². The first-order chi connectivity index (χ1) is 16.1. The fraction of sp³-hybridized carbons (Fsp3) is 0.0741. The standard InChI is InChI=1S/C27H21N3O2S/c1-17-9-10-19(16-18(17)2)25-22-6-3-4-7-23(22)27(30-29-25)32-21-13-11-20(12-14-21)28-26(31)24-8-5-15-33-24/h3-16H,1-2H3,(H,28,31). The maximum Gasteiger partial charge on any atom is 0.265 e. The first-order valence-electron chi connectivity index (χ1n) is 10.5. The number of nitrogens with one attached hydrogen (secondary N) is 1. The Labute approximate surface area is 195 Å². The normalized spacial score (nSPS) is 10.8. The molecule has 0 atom stereocenters. The predicted molar refractivity (Wildman–Crippen MR) is 133 cm³/mol. The van der Waals surface area contributed by atoms with Gasteiger partial charge in [-0.25, -0.2) is 0 Å². The number of ether oxygens (including phenoxy) is 1. The lowest BCUT2D eigenvalue weighted by Crippen LogP contribution is -2.09. The zero-order valence-corrected chi connectivity index (χ0v) is 19.0. The molecule has 33 heavy (non-hydrogen) atoms. The number of fused-ring (bicyclic) bond motifs is 1. The smallest absolute Gasteiger partial charge is 0.265 e. The van der Waals surface area contributed by atoms with Crippen LogP contribution in [0.25, 0.3) is 22.0 Å². The number of thiophene rings is 1. The van der Waals surface area contributed by atoms with Crippen LogP contribution in [0.2, 0.25) is 0 Å². The third-order valence-corrected chi connectivity index (χ3v) is 6.37. The number of amides is 1. The molecule has 0 aliphatic heterocycles. The molecular weight excluding hydrogens is 430 g/mol. The van der Waals surface area contributed by atoms with E-state index in [2.05, 4.69) is 47.6 Å². The molecule has 0 aliphatic rings. The number of nitrogens with zero attached hydrogens (tertiary/aromatic N) is 2. The minimum atomic E-state index is -0.127. The first-order valence-corrected chi connectivity index (χ1v) is 11.4. The van der Waals surface area contributed by atoms with Gasteiger partial charge < -0.3 is 10.1 Å². The molecule has 5 nitrogen and oxygen atoms in total. The lowest BCUT2D eigenvalue weighted by molar-refractivity contribution is 0.103. The monoisotopic (exact) mass is 451 g/mol. The molecule has 0 saturated heterocycles. The van der Waals surface area contributed by atoms with Crippen LogP contribution in [-0.4, -0.2) is 16.1 Å². The lowest BCUT2D eigenvalue weighted by Gasteiger charge is -2.12. The molecule has 2 aromatic heterocycles. The largest absolute Gasteiger partial charge is 0.437 e. The molecule has 5 aromatic rings. The quantitative estimate of drug-likeness (QED) is 0.312. The summed E-state index contributed by atoms with van der Waals surface area (Å²) in [6.45, 7) is 4.19. The van der Waals surface area contributed by atoms with Crippen molar-refractivity contribution in [2.75, 3.05) is 5.32 Å². The zero-order chi connectivity index (χ0) is 22.8. The average Bonchev–Trinajstić information content (AvgIpc) is 3.38. The van der Waals surface area contributed by atoms with Crippen molar-refractivity contribution in [2.45, 2.75) is 13.8 Å². The molecule has 162 valence electrons. The number of rotatable bonds is 5. The van der Waals surface area contributed by atoms with Crippen LogP contribution in [0.4, 0.5) is 5.69 Å². The van der Waals surface area contributed by atoms with Crippen molar-refractivity contribution in [3.05, 3.63) is 100 Å². The van der Waals surface area contributed by atoms with Crippen molar-refractivity contribution in [3.8, 4) is 22.9 Å². The van der Waals surface area contributed by atoms with Gasteiger partial charge in [-0.3, -0.25) is 4.79 Å². The zero-order valence-electron chi connectivity index (χ0n) is 18.2. The summed E-state index contributed by atoms with van der Waals surface area (Å²) in [5.74, 6) is 0.925. The summed E-state index contributed by atoms with van der Waals surface area (Å²) in [7, 11) is 0. The van der Waals surface area contributed by atoms with Crippen LogP contribution < -0.4 is 10.1 Å². The molecule has 5 rings (SSSR count). The molecule has 0 radical (unpaired) electrons.